The number of anilines is 1. The van der Waals surface area contributed by atoms with Gasteiger partial charge in [-0.1, -0.05) is 25.4 Å². The van der Waals surface area contributed by atoms with Crippen molar-refractivity contribution in [2.45, 2.75) is 33.6 Å². The molecule has 4 heteroatoms. The van der Waals surface area contributed by atoms with E-state index in [9.17, 15) is 0 Å². The van der Waals surface area contributed by atoms with Crippen LogP contribution < -0.4 is 11.3 Å². The van der Waals surface area contributed by atoms with Crippen molar-refractivity contribution in [3.8, 4) is 0 Å². The maximum absolute atomic E-state index is 6.26. The summed E-state index contributed by atoms with van der Waals surface area (Å²) in [5.41, 5.74) is 7.76. The maximum atomic E-state index is 6.26. The lowest BCUT2D eigenvalue weighted by molar-refractivity contribution is 0.848. The van der Waals surface area contributed by atoms with Crippen molar-refractivity contribution in [3.63, 3.8) is 0 Å². The minimum absolute atomic E-state index is 0.354. The Morgan fingerprint density at radius 1 is 1.28 bits per heavy atom. The molecule has 18 heavy (non-hydrogen) atoms. The summed E-state index contributed by atoms with van der Waals surface area (Å²) in [4.78, 5) is 4.62. The summed E-state index contributed by atoms with van der Waals surface area (Å²) in [7, 11) is 0. The summed E-state index contributed by atoms with van der Waals surface area (Å²) in [5, 5.41) is 1.65. The van der Waals surface area contributed by atoms with Crippen LogP contribution in [0.4, 0.5) is 5.69 Å². The molecular formula is C14H18ClN3. The van der Waals surface area contributed by atoms with Gasteiger partial charge in [0, 0.05) is 16.6 Å². The lowest BCUT2D eigenvalue weighted by Gasteiger charge is -2.18. The molecule has 0 aliphatic heterocycles. The molecule has 3 N–H and O–H groups in total. The van der Waals surface area contributed by atoms with E-state index in [4.69, 9.17) is 17.4 Å². The number of aromatic nitrogens is 1. The number of benzene rings is 1. The second-order valence-corrected chi connectivity index (χ2v) is 5.34. The van der Waals surface area contributed by atoms with Crippen molar-refractivity contribution in [2.24, 2.45) is 5.84 Å². The molecule has 0 radical (unpaired) electrons. The van der Waals surface area contributed by atoms with E-state index < -0.39 is 0 Å². The van der Waals surface area contributed by atoms with Crippen molar-refractivity contribution in [1.29, 1.82) is 0 Å². The maximum Gasteiger partial charge on any atom is 0.0912 e. The first-order valence-corrected chi connectivity index (χ1v) is 6.40. The highest BCUT2D eigenvalue weighted by atomic mass is 35.5. The van der Waals surface area contributed by atoms with Gasteiger partial charge in [-0.3, -0.25) is 10.8 Å². The number of nitrogens with two attached hydrogens (primary N) is 1. The average molecular weight is 264 g/mol. The average Bonchev–Trinajstić information content (AvgIpc) is 2.28. The van der Waals surface area contributed by atoms with Gasteiger partial charge >= 0.3 is 0 Å². The topological polar surface area (TPSA) is 50.9 Å². The normalized spacial score (nSPS) is 11.3. The molecule has 2 aromatic rings. The molecule has 0 spiro atoms. The fourth-order valence-corrected chi connectivity index (χ4v) is 2.77. The number of pyridine rings is 1. The summed E-state index contributed by atoms with van der Waals surface area (Å²) >= 11 is 6.26. The van der Waals surface area contributed by atoms with Crippen molar-refractivity contribution in [1.82, 2.24) is 4.98 Å². The molecule has 0 bridgehead atoms. The van der Waals surface area contributed by atoms with Crippen LogP contribution in [-0.2, 0) is 0 Å². The Balaban J connectivity index is 2.94. The van der Waals surface area contributed by atoms with Crippen LogP contribution in [0.1, 0.15) is 36.6 Å². The number of rotatable bonds is 2. The quantitative estimate of drug-likeness (QED) is 0.638. The van der Waals surface area contributed by atoms with Gasteiger partial charge in [0.05, 0.1) is 16.2 Å². The Kier molecular flexibility index (Phi) is 3.46. The molecule has 0 saturated carbocycles. The third-order valence-electron chi connectivity index (χ3n) is 3.14. The molecule has 3 nitrogen and oxygen atoms in total. The number of halogens is 1. The number of nitrogen functional groups attached to an aromatic ring is 1. The number of nitrogens with one attached hydrogen (secondary N) is 1. The molecule has 1 aromatic heterocycles. The van der Waals surface area contributed by atoms with Crippen LogP contribution in [0.2, 0.25) is 5.02 Å². The van der Waals surface area contributed by atoms with E-state index in [0.29, 0.717) is 10.9 Å². The Morgan fingerprint density at radius 2 is 1.94 bits per heavy atom. The molecule has 0 saturated heterocycles. The first kappa shape index (κ1) is 13.1. The van der Waals surface area contributed by atoms with Gasteiger partial charge in [0.2, 0.25) is 0 Å². The van der Waals surface area contributed by atoms with Crippen LogP contribution in [0.3, 0.4) is 0 Å². The van der Waals surface area contributed by atoms with E-state index in [0.717, 1.165) is 33.4 Å². The van der Waals surface area contributed by atoms with Crippen molar-refractivity contribution < 1.29 is 0 Å². The summed E-state index contributed by atoms with van der Waals surface area (Å²) in [6, 6.07) is 3.99. The van der Waals surface area contributed by atoms with Crippen molar-refractivity contribution in [2.75, 3.05) is 5.43 Å². The third kappa shape index (κ3) is 2.04. The van der Waals surface area contributed by atoms with Crippen LogP contribution in [0, 0.1) is 13.8 Å². The number of hydrogen-bond donors (Lipinski definition) is 2. The molecule has 2 rings (SSSR count). The minimum Gasteiger partial charge on any atom is -0.323 e. The van der Waals surface area contributed by atoms with Crippen LogP contribution in [0.25, 0.3) is 10.9 Å². The van der Waals surface area contributed by atoms with Gasteiger partial charge in [0.1, 0.15) is 0 Å². The van der Waals surface area contributed by atoms with E-state index in [1.54, 1.807) is 0 Å². The van der Waals surface area contributed by atoms with Crippen LogP contribution in [-0.4, -0.2) is 4.98 Å². The first-order valence-electron chi connectivity index (χ1n) is 6.02. The molecule has 1 heterocycles. The molecule has 0 atom stereocenters. The smallest absolute Gasteiger partial charge is 0.0912 e. The summed E-state index contributed by atoms with van der Waals surface area (Å²) in [6.45, 7) is 8.27. The zero-order valence-electron chi connectivity index (χ0n) is 11.1. The molecule has 0 amide bonds. The molecule has 1 aromatic carbocycles. The Labute approximate surface area is 112 Å². The van der Waals surface area contributed by atoms with Crippen LogP contribution in [0.5, 0.6) is 0 Å². The summed E-state index contributed by atoms with van der Waals surface area (Å²) in [6.07, 6.45) is 0. The fourth-order valence-electron chi connectivity index (χ4n) is 2.45. The van der Waals surface area contributed by atoms with E-state index in [-0.39, 0.29) is 0 Å². The number of fused-ring (bicyclic) bond motifs is 1. The fraction of sp³-hybridized carbons (Fsp3) is 0.357. The van der Waals surface area contributed by atoms with Gasteiger partial charge in [-0.25, -0.2) is 0 Å². The number of hydrogen-bond acceptors (Lipinski definition) is 3. The van der Waals surface area contributed by atoms with Gasteiger partial charge in [-0.15, -0.1) is 0 Å². The highest BCUT2D eigenvalue weighted by Gasteiger charge is 2.16. The van der Waals surface area contributed by atoms with Gasteiger partial charge in [0.15, 0.2) is 0 Å². The van der Waals surface area contributed by atoms with E-state index >= 15 is 0 Å². The molecule has 0 fully saturated rings. The van der Waals surface area contributed by atoms with Gasteiger partial charge in [0.25, 0.3) is 0 Å². The Bertz CT molecular complexity index is 606. The van der Waals surface area contributed by atoms with E-state index in [2.05, 4.69) is 30.3 Å². The SMILES string of the molecule is Cc1cc(Cl)c2nc(C)c(C(C)C)c(NN)c2c1. The van der Waals surface area contributed by atoms with E-state index in [1.807, 2.05) is 19.9 Å². The Morgan fingerprint density at radius 3 is 2.50 bits per heavy atom. The predicted octanol–water partition coefficient (Wildman–Crippen LogP) is 3.91. The zero-order chi connectivity index (χ0) is 13.4. The lowest BCUT2D eigenvalue weighted by atomic mass is 9.96. The number of nitrogens with zero attached hydrogens (tertiary/aromatic N) is 1. The van der Waals surface area contributed by atoms with E-state index in [1.165, 1.54) is 0 Å². The standard InChI is InChI=1S/C14H18ClN3/c1-7(2)12-9(4)17-13-10(14(12)18-16)5-8(3)6-11(13)15/h5-7H,16H2,1-4H3,(H,17,18). The lowest BCUT2D eigenvalue weighted by Crippen LogP contribution is -2.12. The Hall–Kier alpha value is -1.32. The molecule has 0 unspecified atom stereocenters. The minimum atomic E-state index is 0.354. The second-order valence-electron chi connectivity index (χ2n) is 4.93. The van der Waals surface area contributed by atoms with Crippen molar-refractivity contribution >= 4 is 28.2 Å². The largest absolute Gasteiger partial charge is 0.323 e. The first-order chi connectivity index (χ1) is 8.45. The monoisotopic (exact) mass is 263 g/mol. The zero-order valence-corrected chi connectivity index (χ0v) is 11.9. The molecular weight excluding hydrogens is 246 g/mol. The van der Waals surface area contributed by atoms with Gasteiger partial charge < -0.3 is 5.43 Å². The van der Waals surface area contributed by atoms with Crippen LogP contribution >= 0.6 is 11.6 Å². The van der Waals surface area contributed by atoms with Crippen LogP contribution in [0.15, 0.2) is 12.1 Å². The number of aryl methyl sites for hydroxylation is 2. The summed E-state index contributed by atoms with van der Waals surface area (Å²) in [5.74, 6) is 6.06. The molecule has 0 aliphatic rings. The van der Waals surface area contributed by atoms with Crippen molar-refractivity contribution in [3.05, 3.63) is 34.0 Å². The highest BCUT2D eigenvalue weighted by Crippen LogP contribution is 2.36. The predicted molar refractivity (Wildman–Crippen MR) is 78.1 cm³/mol. The number of hydrazine groups is 1. The second kappa shape index (κ2) is 4.75. The highest BCUT2D eigenvalue weighted by molar-refractivity contribution is 6.35. The van der Waals surface area contributed by atoms with Gasteiger partial charge in [-0.05, 0) is 37.5 Å². The summed E-state index contributed by atoms with van der Waals surface area (Å²) < 4.78 is 0. The molecule has 96 valence electrons. The van der Waals surface area contributed by atoms with Gasteiger partial charge in [-0.2, -0.15) is 0 Å². The molecule has 0 aliphatic carbocycles. The third-order valence-corrected chi connectivity index (χ3v) is 3.43.